The summed E-state index contributed by atoms with van der Waals surface area (Å²) in [5, 5.41) is 25.2. The number of anilines is 1. The van der Waals surface area contributed by atoms with Crippen molar-refractivity contribution in [3.05, 3.63) is 63.9 Å². The van der Waals surface area contributed by atoms with Crippen molar-refractivity contribution in [2.24, 2.45) is 11.8 Å². The average molecular weight is 566 g/mol. The van der Waals surface area contributed by atoms with Crippen molar-refractivity contribution in [1.29, 1.82) is 0 Å². The molecule has 0 saturated carbocycles. The Morgan fingerprint density at radius 3 is 2.33 bits per heavy atom. The minimum Gasteiger partial charge on any atom is -0.381 e. The average Bonchev–Trinajstić information content (AvgIpc) is 3.36. The van der Waals surface area contributed by atoms with E-state index in [-0.39, 0.29) is 23.1 Å². The summed E-state index contributed by atoms with van der Waals surface area (Å²) in [6.07, 6.45) is -1.43. The lowest BCUT2D eigenvalue weighted by Gasteiger charge is -2.39. The highest BCUT2D eigenvalue weighted by Crippen LogP contribution is 2.35. The number of nitro groups is 1. The van der Waals surface area contributed by atoms with E-state index in [0.29, 0.717) is 19.5 Å². The topological polar surface area (TPSA) is 85.1 Å². The Morgan fingerprint density at radius 2 is 1.75 bits per heavy atom. The number of hydrogen-bond donors (Lipinski definition) is 2. The highest BCUT2D eigenvalue weighted by Gasteiger charge is 2.49. The quantitative estimate of drug-likeness (QED) is 0.364. The number of rotatable bonds is 8. The van der Waals surface area contributed by atoms with Gasteiger partial charge in [0, 0.05) is 74.1 Å². The van der Waals surface area contributed by atoms with Gasteiger partial charge >= 0.3 is 6.18 Å². The molecule has 2 saturated heterocycles. The van der Waals surface area contributed by atoms with Gasteiger partial charge in [-0.3, -0.25) is 19.9 Å². The number of allylic oxidation sites excluding steroid dienone is 1. The molecule has 2 heterocycles. The largest absolute Gasteiger partial charge is 0.402 e. The number of nitrogens with zero attached hydrogens (tertiary/aromatic N) is 4. The number of aliphatic hydroxyl groups is 1. The molecule has 1 aromatic carbocycles. The van der Waals surface area contributed by atoms with E-state index in [2.05, 4.69) is 60.2 Å². The van der Waals surface area contributed by atoms with Crippen LogP contribution in [0.2, 0.25) is 0 Å². The Labute approximate surface area is 234 Å². The first-order chi connectivity index (χ1) is 18.7. The van der Waals surface area contributed by atoms with E-state index < -0.39 is 29.3 Å². The Bertz CT molecular complexity index is 1080. The van der Waals surface area contributed by atoms with Crippen molar-refractivity contribution < 1.29 is 23.2 Å². The van der Waals surface area contributed by atoms with Gasteiger partial charge in [-0.15, -0.1) is 0 Å². The SMILES string of the molecule is CC(CN1CCN(c2ccc(C(C)(C)C)cc2)CC1)C(O)N1CC[C@H](NC2=CC(C(F)(F)F)C([N+](=O)[O-])C=C2)C1. The maximum atomic E-state index is 13.4. The van der Waals surface area contributed by atoms with Gasteiger partial charge in [-0.05, 0) is 47.8 Å². The number of nitrogens with one attached hydrogen (secondary N) is 1. The molecule has 0 aromatic heterocycles. The molecule has 2 aliphatic heterocycles. The standard InChI is InChI=1S/C29H42F3N5O3/c1-20(18-34-13-15-35(16-14-34)24-8-5-21(6-9-24)28(2,3)4)27(38)36-12-11-23(19-36)33-22-7-10-26(37(39)40)25(17-22)29(30,31)32/h5-10,17,20,23,25-27,33,38H,11-16,18-19H2,1-4H3/t20?,23-,25?,26?,27?/m0/s1. The van der Waals surface area contributed by atoms with Crippen molar-refractivity contribution in [1.82, 2.24) is 15.1 Å². The summed E-state index contributed by atoms with van der Waals surface area (Å²) < 4.78 is 40.2. The maximum Gasteiger partial charge on any atom is 0.402 e. The molecule has 0 bridgehead atoms. The predicted octanol–water partition coefficient (Wildman–Crippen LogP) is 4.00. The van der Waals surface area contributed by atoms with E-state index in [1.165, 1.54) is 17.3 Å². The van der Waals surface area contributed by atoms with Crippen LogP contribution in [0.3, 0.4) is 0 Å². The second kappa shape index (κ2) is 12.1. The lowest BCUT2D eigenvalue weighted by atomic mass is 9.87. The van der Waals surface area contributed by atoms with Crippen LogP contribution in [0, 0.1) is 22.0 Å². The van der Waals surface area contributed by atoms with Crippen molar-refractivity contribution in [2.45, 2.75) is 64.0 Å². The van der Waals surface area contributed by atoms with Gasteiger partial charge in [-0.2, -0.15) is 13.2 Å². The molecule has 3 aliphatic rings. The Morgan fingerprint density at radius 1 is 1.10 bits per heavy atom. The Hall–Kier alpha value is -2.63. The molecule has 4 rings (SSSR count). The third-order valence-electron chi connectivity index (χ3n) is 8.31. The summed E-state index contributed by atoms with van der Waals surface area (Å²) in [6.45, 7) is 14.2. The van der Waals surface area contributed by atoms with Gasteiger partial charge in [0.2, 0.25) is 6.04 Å². The first-order valence-corrected chi connectivity index (χ1v) is 14.1. The molecule has 2 N–H and O–H groups in total. The van der Waals surface area contributed by atoms with Crippen LogP contribution in [0.25, 0.3) is 0 Å². The molecular formula is C29H42F3N5O3. The van der Waals surface area contributed by atoms with E-state index in [0.717, 1.165) is 44.9 Å². The van der Waals surface area contributed by atoms with E-state index in [1.807, 2.05) is 11.8 Å². The zero-order valence-corrected chi connectivity index (χ0v) is 23.8. The highest BCUT2D eigenvalue weighted by atomic mass is 19.4. The van der Waals surface area contributed by atoms with Crippen LogP contribution in [0.5, 0.6) is 0 Å². The molecule has 1 aliphatic carbocycles. The number of piperazine rings is 1. The van der Waals surface area contributed by atoms with Crippen LogP contribution in [0.1, 0.15) is 39.7 Å². The molecule has 40 heavy (non-hydrogen) atoms. The maximum absolute atomic E-state index is 13.4. The molecule has 0 radical (unpaired) electrons. The third kappa shape index (κ3) is 7.36. The molecule has 2 fully saturated rings. The molecule has 5 atom stereocenters. The van der Waals surface area contributed by atoms with Gasteiger partial charge < -0.3 is 15.3 Å². The van der Waals surface area contributed by atoms with Crippen LogP contribution in [0.4, 0.5) is 18.9 Å². The monoisotopic (exact) mass is 565 g/mol. The van der Waals surface area contributed by atoms with Gasteiger partial charge in [0.05, 0.1) is 0 Å². The fourth-order valence-corrected chi connectivity index (χ4v) is 5.86. The molecule has 1 aromatic rings. The zero-order valence-electron chi connectivity index (χ0n) is 23.8. The molecular weight excluding hydrogens is 523 g/mol. The molecule has 8 nitrogen and oxygen atoms in total. The second-order valence-electron chi connectivity index (χ2n) is 12.4. The molecule has 4 unspecified atom stereocenters. The van der Waals surface area contributed by atoms with Crippen molar-refractivity contribution >= 4 is 5.69 Å². The highest BCUT2D eigenvalue weighted by molar-refractivity contribution is 5.49. The van der Waals surface area contributed by atoms with Crippen LogP contribution >= 0.6 is 0 Å². The fraction of sp³-hybridized carbons (Fsp3) is 0.655. The number of halogens is 3. The number of hydrogen-bond acceptors (Lipinski definition) is 7. The smallest absolute Gasteiger partial charge is 0.381 e. The zero-order chi connectivity index (χ0) is 29.2. The van der Waals surface area contributed by atoms with Gasteiger partial charge in [0.1, 0.15) is 12.1 Å². The van der Waals surface area contributed by atoms with E-state index >= 15 is 0 Å². The first-order valence-electron chi connectivity index (χ1n) is 14.1. The first kappa shape index (κ1) is 30.3. The van der Waals surface area contributed by atoms with Gasteiger partial charge in [0.25, 0.3) is 0 Å². The number of aliphatic hydroxyl groups excluding tert-OH is 1. The van der Waals surface area contributed by atoms with Crippen molar-refractivity contribution in [2.75, 3.05) is 50.7 Å². The Kier molecular flexibility index (Phi) is 9.16. The molecule has 222 valence electrons. The molecule has 11 heteroatoms. The summed E-state index contributed by atoms with van der Waals surface area (Å²) in [4.78, 5) is 16.9. The van der Waals surface area contributed by atoms with Crippen molar-refractivity contribution in [3.63, 3.8) is 0 Å². The number of alkyl halides is 3. The molecule has 0 amide bonds. The van der Waals surface area contributed by atoms with Crippen molar-refractivity contribution in [3.8, 4) is 0 Å². The van der Waals surface area contributed by atoms with Crippen LogP contribution in [0.15, 0.2) is 48.2 Å². The van der Waals surface area contributed by atoms with Crippen LogP contribution < -0.4 is 10.2 Å². The summed E-state index contributed by atoms with van der Waals surface area (Å²) in [7, 11) is 0. The predicted molar refractivity (Wildman–Crippen MR) is 150 cm³/mol. The van der Waals surface area contributed by atoms with Gasteiger partial charge in [-0.1, -0.05) is 39.8 Å². The molecule has 0 spiro atoms. The summed E-state index contributed by atoms with van der Waals surface area (Å²) >= 11 is 0. The normalized spacial score (nSPS) is 26.4. The lowest BCUT2D eigenvalue weighted by molar-refractivity contribution is -0.525. The summed E-state index contributed by atoms with van der Waals surface area (Å²) in [5.74, 6) is -2.16. The second-order valence-corrected chi connectivity index (χ2v) is 12.4. The van der Waals surface area contributed by atoms with Crippen LogP contribution in [-0.2, 0) is 5.41 Å². The number of benzene rings is 1. The minimum atomic E-state index is -4.70. The Balaban J connectivity index is 1.24. The van der Waals surface area contributed by atoms with Gasteiger partial charge in [-0.25, -0.2) is 0 Å². The van der Waals surface area contributed by atoms with Crippen LogP contribution in [-0.4, -0.2) is 90.1 Å². The lowest BCUT2D eigenvalue weighted by Crippen LogP contribution is -2.50. The minimum absolute atomic E-state index is 0.000574. The third-order valence-corrected chi connectivity index (χ3v) is 8.31. The summed E-state index contributed by atoms with van der Waals surface area (Å²) in [5.41, 5.74) is 2.91. The van der Waals surface area contributed by atoms with E-state index in [9.17, 15) is 28.4 Å². The van der Waals surface area contributed by atoms with E-state index in [1.54, 1.807) is 0 Å². The van der Waals surface area contributed by atoms with E-state index in [4.69, 9.17) is 0 Å². The fourth-order valence-electron chi connectivity index (χ4n) is 5.86. The number of likely N-dealkylation sites (tertiary alicyclic amines) is 1. The van der Waals surface area contributed by atoms with Gasteiger partial charge in [0.15, 0.2) is 0 Å². The summed E-state index contributed by atoms with van der Waals surface area (Å²) in [6, 6.07) is 6.85.